The molecular formula is C15H12F3NO3S. The lowest BCUT2D eigenvalue weighted by atomic mass is 10.2. The highest BCUT2D eigenvalue weighted by atomic mass is 32.1. The molecule has 0 aliphatic rings. The smallest absolute Gasteiger partial charge is 0.416 e. The van der Waals surface area contributed by atoms with Crippen molar-refractivity contribution in [2.24, 2.45) is 0 Å². The Labute approximate surface area is 133 Å². The Morgan fingerprint density at radius 2 is 1.83 bits per heavy atom. The standard InChI is InChI=1S/C15H12F3NO3S/c16-15(17,18)10-3-5-11(6-4-10)19-13(20)9-22-14(21)8-12-2-1-7-23-12/h1-7H,8-9H2,(H,19,20). The van der Waals surface area contributed by atoms with Crippen molar-refractivity contribution in [2.45, 2.75) is 12.6 Å². The maximum Gasteiger partial charge on any atom is 0.416 e. The van der Waals surface area contributed by atoms with Crippen LogP contribution in [-0.4, -0.2) is 18.5 Å². The maximum atomic E-state index is 12.4. The number of ether oxygens (including phenoxy) is 1. The van der Waals surface area contributed by atoms with E-state index in [0.29, 0.717) is 0 Å². The zero-order chi connectivity index (χ0) is 16.9. The summed E-state index contributed by atoms with van der Waals surface area (Å²) in [6.45, 7) is -0.495. The Kier molecular flexibility index (Phi) is 5.38. The van der Waals surface area contributed by atoms with Gasteiger partial charge in [-0.3, -0.25) is 9.59 Å². The Hall–Kier alpha value is -2.35. The molecule has 0 saturated carbocycles. The largest absolute Gasteiger partial charge is 0.455 e. The molecule has 0 atom stereocenters. The monoisotopic (exact) mass is 343 g/mol. The molecule has 23 heavy (non-hydrogen) atoms. The second kappa shape index (κ2) is 7.28. The van der Waals surface area contributed by atoms with Crippen LogP contribution in [0.1, 0.15) is 10.4 Å². The number of esters is 1. The van der Waals surface area contributed by atoms with Crippen molar-refractivity contribution in [2.75, 3.05) is 11.9 Å². The van der Waals surface area contributed by atoms with Crippen molar-refractivity contribution in [3.05, 3.63) is 52.2 Å². The number of carbonyl (C=O) groups is 2. The zero-order valence-electron chi connectivity index (χ0n) is 11.7. The second-order valence-electron chi connectivity index (χ2n) is 4.54. The first kappa shape index (κ1) is 17.0. The van der Waals surface area contributed by atoms with Crippen molar-refractivity contribution in [1.82, 2.24) is 0 Å². The number of hydrogen-bond acceptors (Lipinski definition) is 4. The van der Waals surface area contributed by atoms with Crippen molar-refractivity contribution < 1.29 is 27.5 Å². The Balaban J connectivity index is 1.79. The molecule has 0 saturated heterocycles. The van der Waals surface area contributed by atoms with Gasteiger partial charge in [-0.15, -0.1) is 11.3 Å². The fraction of sp³-hybridized carbons (Fsp3) is 0.200. The Morgan fingerprint density at radius 3 is 2.39 bits per heavy atom. The molecule has 8 heteroatoms. The molecule has 0 spiro atoms. The van der Waals surface area contributed by atoms with Crippen LogP contribution in [0.2, 0.25) is 0 Å². The predicted octanol–water partition coefficient (Wildman–Crippen LogP) is 3.49. The number of nitrogens with one attached hydrogen (secondary N) is 1. The van der Waals surface area contributed by atoms with Gasteiger partial charge in [0, 0.05) is 10.6 Å². The van der Waals surface area contributed by atoms with E-state index in [1.807, 2.05) is 5.38 Å². The third kappa shape index (κ3) is 5.41. The third-order valence-corrected chi connectivity index (χ3v) is 3.64. The molecule has 122 valence electrons. The van der Waals surface area contributed by atoms with Gasteiger partial charge in [0.15, 0.2) is 6.61 Å². The summed E-state index contributed by atoms with van der Waals surface area (Å²) >= 11 is 1.40. The predicted molar refractivity (Wildman–Crippen MR) is 79.1 cm³/mol. The van der Waals surface area contributed by atoms with Crippen LogP contribution >= 0.6 is 11.3 Å². The molecule has 4 nitrogen and oxygen atoms in total. The summed E-state index contributed by atoms with van der Waals surface area (Å²) in [5.41, 5.74) is -0.616. The van der Waals surface area contributed by atoms with Crippen LogP contribution in [0.15, 0.2) is 41.8 Å². The molecule has 0 bridgehead atoms. The highest BCUT2D eigenvalue weighted by molar-refractivity contribution is 7.10. The number of amides is 1. The molecule has 0 aliphatic carbocycles. The lowest BCUT2D eigenvalue weighted by Crippen LogP contribution is -2.21. The van der Waals surface area contributed by atoms with E-state index in [0.717, 1.165) is 29.1 Å². The number of benzene rings is 1. The van der Waals surface area contributed by atoms with Gasteiger partial charge in [-0.05, 0) is 35.7 Å². The Morgan fingerprint density at radius 1 is 1.13 bits per heavy atom. The minimum absolute atomic E-state index is 0.0746. The van der Waals surface area contributed by atoms with E-state index in [2.05, 4.69) is 5.32 Å². The Bertz CT molecular complexity index is 666. The van der Waals surface area contributed by atoms with Crippen LogP contribution in [0.3, 0.4) is 0 Å². The number of halogens is 3. The van der Waals surface area contributed by atoms with Crippen molar-refractivity contribution >= 4 is 28.9 Å². The first-order chi connectivity index (χ1) is 10.8. The molecule has 1 heterocycles. The molecule has 1 N–H and O–H groups in total. The van der Waals surface area contributed by atoms with Crippen LogP contribution in [0, 0.1) is 0 Å². The minimum atomic E-state index is -4.43. The third-order valence-electron chi connectivity index (χ3n) is 2.76. The fourth-order valence-corrected chi connectivity index (χ4v) is 2.38. The van der Waals surface area contributed by atoms with Crippen molar-refractivity contribution in [3.63, 3.8) is 0 Å². The molecule has 1 amide bonds. The number of alkyl halides is 3. The number of hydrogen-bond donors (Lipinski definition) is 1. The normalized spacial score (nSPS) is 11.1. The van der Waals surface area contributed by atoms with Gasteiger partial charge in [-0.2, -0.15) is 13.2 Å². The van der Waals surface area contributed by atoms with Crippen LogP contribution in [0.5, 0.6) is 0 Å². The van der Waals surface area contributed by atoms with E-state index in [1.165, 1.54) is 11.3 Å². The fourth-order valence-electron chi connectivity index (χ4n) is 1.69. The lowest BCUT2D eigenvalue weighted by Gasteiger charge is -2.09. The summed E-state index contributed by atoms with van der Waals surface area (Å²) in [4.78, 5) is 23.9. The zero-order valence-corrected chi connectivity index (χ0v) is 12.5. The maximum absolute atomic E-state index is 12.4. The van der Waals surface area contributed by atoms with Gasteiger partial charge in [-0.25, -0.2) is 0 Å². The number of anilines is 1. The van der Waals surface area contributed by atoms with Crippen molar-refractivity contribution in [3.8, 4) is 0 Å². The van der Waals surface area contributed by atoms with Gasteiger partial charge in [0.2, 0.25) is 0 Å². The van der Waals surface area contributed by atoms with Crippen molar-refractivity contribution in [1.29, 1.82) is 0 Å². The van der Waals surface area contributed by atoms with Gasteiger partial charge < -0.3 is 10.1 Å². The highest BCUT2D eigenvalue weighted by Crippen LogP contribution is 2.29. The van der Waals surface area contributed by atoms with Gasteiger partial charge >= 0.3 is 12.1 Å². The average molecular weight is 343 g/mol. The van der Waals surface area contributed by atoms with Crippen LogP contribution in [0.25, 0.3) is 0 Å². The molecule has 0 radical (unpaired) electrons. The summed E-state index contributed by atoms with van der Waals surface area (Å²) in [7, 11) is 0. The number of rotatable bonds is 5. The summed E-state index contributed by atoms with van der Waals surface area (Å²) in [5.74, 6) is -1.17. The van der Waals surface area contributed by atoms with E-state index >= 15 is 0 Å². The summed E-state index contributed by atoms with van der Waals surface area (Å²) in [6, 6.07) is 7.55. The topological polar surface area (TPSA) is 55.4 Å². The van der Waals surface area contributed by atoms with E-state index < -0.39 is 30.2 Å². The van der Waals surface area contributed by atoms with E-state index in [-0.39, 0.29) is 12.1 Å². The highest BCUT2D eigenvalue weighted by Gasteiger charge is 2.29. The lowest BCUT2D eigenvalue weighted by molar-refractivity contribution is -0.146. The number of carbonyl (C=O) groups excluding carboxylic acids is 2. The van der Waals surface area contributed by atoms with E-state index in [9.17, 15) is 22.8 Å². The summed E-state index contributed by atoms with van der Waals surface area (Å²) in [6.07, 6.45) is -4.36. The van der Waals surface area contributed by atoms with E-state index in [4.69, 9.17) is 4.74 Å². The first-order valence-corrected chi connectivity index (χ1v) is 7.37. The van der Waals surface area contributed by atoms with Crippen LogP contribution < -0.4 is 5.32 Å². The van der Waals surface area contributed by atoms with Crippen LogP contribution in [0.4, 0.5) is 18.9 Å². The molecular weight excluding hydrogens is 331 g/mol. The SMILES string of the molecule is O=C(COC(=O)Cc1cccs1)Nc1ccc(C(F)(F)F)cc1. The molecule has 0 fully saturated rings. The summed E-state index contributed by atoms with van der Waals surface area (Å²) < 4.78 is 42.0. The first-order valence-electron chi connectivity index (χ1n) is 6.50. The second-order valence-corrected chi connectivity index (χ2v) is 5.57. The summed E-state index contributed by atoms with van der Waals surface area (Å²) in [5, 5.41) is 4.17. The van der Waals surface area contributed by atoms with Crippen LogP contribution in [-0.2, 0) is 26.9 Å². The molecule has 1 aromatic heterocycles. The minimum Gasteiger partial charge on any atom is -0.455 e. The van der Waals surface area contributed by atoms with Gasteiger partial charge in [0.05, 0.1) is 12.0 Å². The molecule has 2 aromatic rings. The molecule has 1 aromatic carbocycles. The van der Waals surface area contributed by atoms with Gasteiger partial charge in [0.1, 0.15) is 0 Å². The van der Waals surface area contributed by atoms with Gasteiger partial charge in [-0.1, -0.05) is 6.07 Å². The molecule has 0 unspecified atom stereocenters. The van der Waals surface area contributed by atoms with Gasteiger partial charge in [0.25, 0.3) is 5.91 Å². The average Bonchev–Trinajstić information content (AvgIpc) is 2.98. The van der Waals surface area contributed by atoms with E-state index in [1.54, 1.807) is 12.1 Å². The quantitative estimate of drug-likeness (QED) is 0.846. The molecule has 2 rings (SSSR count). The number of thiophene rings is 1. The molecule has 0 aliphatic heterocycles.